The van der Waals surface area contributed by atoms with Gasteiger partial charge >= 0.3 is 0 Å². The molecule has 1 saturated heterocycles. The first-order valence-electron chi connectivity index (χ1n) is 8.23. The van der Waals surface area contributed by atoms with Crippen LogP contribution in [0.2, 0.25) is 0 Å². The van der Waals surface area contributed by atoms with E-state index in [2.05, 4.69) is 34.5 Å². The molecule has 1 fully saturated rings. The van der Waals surface area contributed by atoms with Crippen molar-refractivity contribution in [1.29, 1.82) is 0 Å². The number of amides is 1. The highest BCUT2D eigenvalue weighted by molar-refractivity contribution is 5.83. The summed E-state index contributed by atoms with van der Waals surface area (Å²) in [5.74, 6) is 0.0938. The predicted molar refractivity (Wildman–Crippen MR) is 95.5 cm³/mol. The van der Waals surface area contributed by atoms with Gasteiger partial charge in [0.05, 0.1) is 17.8 Å². The van der Waals surface area contributed by atoms with Crippen LogP contribution >= 0.6 is 0 Å². The van der Waals surface area contributed by atoms with Gasteiger partial charge in [-0.05, 0) is 17.7 Å². The summed E-state index contributed by atoms with van der Waals surface area (Å²) >= 11 is 0. The Hall–Kier alpha value is -2.72. The van der Waals surface area contributed by atoms with Gasteiger partial charge in [0.25, 0.3) is 0 Å². The monoisotopic (exact) mass is 317 g/mol. The summed E-state index contributed by atoms with van der Waals surface area (Å²) in [6.45, 7) is 2.75. The van der Waals surface area contributed by atoms with Crippen LogP contribution in [-0.4, -0.2) is 35.4 Å². The van der Waals surface area contributed by atoms with E-state index in [0.29, 0.717) is 13.1 Å². The first-order chi connectivity index (χ1) is 11.8. The summed E-state index contributed by atoms with van der Waals surface area (Å²) in [6.07, 6.45) is 0. The zero-order chi connectivity index (χ0) is 16.4. The van der Waals surface area contributed by atoms with Crippen molar-refractivity contribution in [3.63, 3.8) is 0 Å². The number of hydrogen-bond donors (Lipinski definition) is 1. The van der Waals surface area contributed by atoms with Gasteiger partial charge in [-0.3, -0.25) is 9.69 Å². The van der Waals surface area contributed by atoms with Crippen LogP contribution in [0.5, 0.6) is 0 Å². The number of aromatic nitrogens is 1. The molecule has 4 nitrogen and oxygen atoms in total. The average Bonchev–Trinajstić information content (AvgIpc) is 2.62. The lowest BCUT2D eigenvalue weighted by molar-refractivity contribution is -0.124. The van der Waals surface area contributed by atoms with Crippen LogP contribution in [0.25, 0.3) is 22.2 Å². The van der Waals surface area contributed by atoms with Crippen molar-refractivity contribution >= 4 is 16.8 Å². The number of nitrogens with zero attached hydrogens (tertiary/aromatic N) is 2. The number of carbonyl (C=O) groups excluding carboxylic acids is 1. The molecule has 4 heteroatoms. The molecule has 0 aliphatic carbocycles. The highest BCUT2D eigenvalue weighted by atomic mass is 16.2. The first kappa shape index (κ1) is 14.8. The second-order valence-electron chi connectivity index (χ2n) is 6.12. The minimum atomic E-state index is 0.0938. The Balaban J connectivity index is 1.78. The number of para-hydroxylation sites is 1. The minimum absolute atomic E-state index is 0.0938. The Bertz CT molecular complexity index is 876. The van der Waals surface area contributed by atoms with Crippen molar-refractivity contribution in [2.45, 2.75) is 6.54 Å². The van der Waals surface area contributed by atoms with Crippen molar-refractivity contribution in [3.8, 4) is 11.3 Å². The van der Waals surface area contributed by atoms with Crippen LogP contribution in [0.15, 0.2) is 60.7 Å². The maximum atomic E-state index is 11.7. The number of nitrogens with one attached hydrogen (secondary N) is 1. The second kappa shape index (κ2) is 6.42. The Morgan fingerprint density at radius 3 is 2.67 bits per heavy atom. The maximum absolute atomic E-state index is 11.7. The van der Waals surface area contributed by atoms with Gasteiger partial charge in [0.1, 0.15) is 0 Å². The fourth-order valence-electron chi connectivity index (χ4n) is 3.19. The van der Waals surface area contributed by atoms with Crippen LogP contribution < -0.4 is 5.32 Å². The molecular formula is C20H19N3O. The molecule has 1 amide bonds. The smallest absolute Gasteiger partial charge is 0.234 e. The molecule has 3 aromatic rings. The number of benzene rings is 2. The van der Waals surface area contributed by atoms with Crippen molar-refractivity contribution in [2.24, 2.45) is 0 Å². The molecule has 0 unspecified atom stereocenters. The standard InChI is InChI=1S/C20H19N3O/c24-19-14-23(11-10-21-19)13-17-12-16-8-4-5-9-18(16)22-20(17)15-6-2-1-3-7-15/h1-9,12H,10-11,13-14H2,(H,21,24). The second-order valence-corrected chi connectivity index (χ2v) is 6.12. The molecule has 120 valence electrons. The van der Waals surface area contributed by atoms with E-state index in [1.165, 1.54) is 0 Å². The molecule has 0 radical (unpaired) electrons. The van der Waals surface area contributed by atoms with Crippen molar-refractivity contribution < 1.29 is 4.79 Å². The van der Waals surface area contributed by atoms with Crippen LogP contribution in [0.3, 0.4) is 0 Å². The topological polar surface area (TPSA) is 45.2 Å². The van der Waals surface area contributed by atoms with Gasteiger partial charge < -0.3 is 5.32 Å². The van der Waals surface area contributed by atoms with Crippen molar-refractivity contribution in [1.82, 2.24) is 15.2 Å². The molecule has 0 bridgehead atoms. The highest BCUT2D eigenvalue weighted by Gasteiger charge is 2.18. The van der Waals surface area contributed by atoms with Crippen molar-refractivity contribution in [2.75, 3.05) is 19.6 Å². The molecule has 2 aromatic carbocycles. The third-order valence-corrected chi connectivity index (χ3v) is 4.36. The SMILES string of the molecule is O=C1CN(Cc2cc3ccccc3nc2-c2ccccc2)CCN1. The van der Waals surface area contributed by atoms with Crippen LogP contribution in [0.1, 0.15) is 5.56 Å². The Morgan fingerprint density at radius 1 is 1.04 bits per heavy atom. The number of rotatable bonds is 3. The van der Waals surface area contributed by atoms with Gasteiger partial charge in [0.15, 0.2) is 0 Å². The summed E-state index contributed by atoms with van der Waals surface area (Å²) in [4.78, 5) is 18.7. The fraction of sp³-hybridized carbons (Fsp3) is 0.200. The minimum Gasteiger partial charge on any atom is -0.354 e. The Morgan fingerprint density at radius 2 is 1.83 bits per heavy atom. The zero-order valence-electron chi connectivity index (χ0n) is 13.4. The summed E-state index contributed by atoms with van der Waals surface area (Å²) in [6, 6.07) is 20.6. The summed E-state index contributed by atoms with van der Waals surface area (Å²) in [5.41, 5.74) is 4.27. The van der Waals surface area contributed by atoms with Gasteiger partial charge in [-0.25, -0.2) is 4.98 Å². The normalized spacial score (nSPS) is 15.4. The lowest BCUT2D eigenvalue weighted by atomic mass is 10.0. The molecule has 1 aliphatic rings. The summed E-state index contributed by atoms with van der Waals surface area (Å²) in [5, 5.41) is 4.01. The van der Waals surface area contributed by atoms with Gasteiger partial charge in [-0.15, -0.1) is 0 Å². The molecule has 1 aromatic heterocycles. The fourth-order valence-corrected chi connectivity index (χ4v) is 3.19. The average molecular weight is 317 g/mol. The van der Waals surface area contributed by atoms with Crippen LogP contribution in [0.4, 0.5) is 0 Å². The van der Waals surface area contributed by atoms with E-state index in [-0.39, 0.29) is 5.91 Å². The van der Waals surface area contributed by atoms with Gasteiger partial charge in [0, 0.05) is 30.6 Å². The molecule has 2 heterocycles. The van der Waals surface area contributed by atoms with E-state index < -0.39 is 0 Å². The van der Waals surface area contributed by atoms with Gasteiger partial charge in [0.2, 0.25) is 5.91 Å². The first-order valence-corrected chi connectivity index (χ1v) is 8.23. The Kier molecular flexibility index (Phi) is 3.97. The van der Waals surface area contributed by atoms with Crippen molar-refractivity contribution in [3.05, 3.63) is 66.2 Å². The lowest BCUT2D eigenvalue weighted by Crippen LogP contribution is -2.47. The summed E-state index contributed by atoms with van der Waals surface area (Å²) < 4.78 is 0. The number of hydrogen-bond acceptors (Lipinski definition) is 3. The predicted octanol–water partition coefficient (Wildman–Crippen LogP) is 2.83. The molecule has 24 heavy (non-hydrogen) atoms. The quantitative estimate of drug-likeness (QED) is 0.808. The lowest BCUT2D eigenvalue weighted by Gasteiger charge is -2.27. The van der Waals surface area contributed by atoms with Crippen LogP contribution in [0, 0.1) is 0 Å². The van der Waals surface area contributed by atoms with Gasteiger partial charge in [-0.2, -0.15) is 0 Å². The molecule has 4 rings (SSSR count). The molecule has 1 aliphatic heterocycles. The third-order valence-electron chi connectivity index (χ3n) is 4.36. The number of pyridine rings is 1. The largest absolute Gasteiger partial charge is 0.354 e. The zero-order valence-corrected chi connectivity index (χ0v) is 13.4. The van der Waals surface area contributed by atoms with E-state index in [1.54, 1.807) is 0 Å². The van der Waals surface area contributed by atoms with E-state index in [1.807, 2.05) is 36.4 Å². The van der Waals surface area contributed by atoms with E-state index in [0.717, 1.165) is 40.8 Å². The van der Waals surface area contributed by atoms with E-state index in [9.17, 15) is 4.79 Å². The number of piperazine rings is 1. The molecule has 0 saturated carbocycles. The third kappa shape index (κ3) is 3.01. The molecule has 1 N–H and O–H groups in total. The van der Waals surface area contributed by atoms with Crippen LogP contribution in [-0.2, 0) is 11.3 Å². The molecule has 0 atom stereocenters. The summed E-state index contributed by atoms with van der Waals surface area (Å²) in [7, 11) is 0. The van der Waals surface area contributed by atoms with E-state index >= 15 is 0 Å². The van der Waals surface area contributed by atoms with Gasteiger partial charge in [-0.1, -0.05) is 48.5 Å². The number of carbonyl (C=O) groups is 1. The molecule has 0 spiro atoms. The molecular weight excluding hydrogens is 298 g/mol. The number of fused-ring (bicyclic) bond motifs is 1. The van der Waals surface area contributed by atoms with E-state index in [4.69, 9.17) is 4.98 Å². The maximum Gasteiger partial charge on any atom is 0.234 e. The Labute approximate surface area is 141 Å². The highest BCUT2D eigenvalue weighted by Crippen LogP contribution is 2.26.